The van der Waals surface area contributed by atoms with Crippen LogP contribution in [0.25, 0.3) is 0 Å². The monoisotopic (exact) mass is 340 g/mol. The molecule has 1 aromatic heterocycles. The number of carbonyl (C=O) groups is 1. The fourth-order valence-corrected chi connectivity index (χ4v) is 3.41. The smallest absolute Gasteiger partial charge is 0.259 e. The van der Waals surface area contributed by atoms with E-state index >= 15 is 0 Å². The van der Waals surface area contributed by atoms with Crippen LogP contribution >= 0.6 is 0 Å². The molecular formula is C20H28N4O. The van der Waals surface area contributed by atoms with E-state index in [4.69, 9.17) is 0 Å². The van der Waals surface area contributed by atoms with Crippen molar-refractivity contribution in [1.82, 2.24) is 9.78 Å². The Balaban J connectivity index is 1.70. The summed E-state index contributed by atoms with van der Waals surface area (Å²) in [5.74, 6) is -0.112. The van der Waals surface area contributed by atoms with Gasteiger partial charge in [-0.3, -0.25) is 9.48 Å². The van der Waals surface area contributed by atoms with Gasteiger partial charge < -0.3 is 10.2 Å². The first-order valence-corrected chi connectivity index (χ1v) is 9.08. The molecule has 5 nitrogen and oxygen atoms in total. The number of anilines is 2. The van der Waals surface area contributed by atoms with Crippen LogP contribution in [-0.4, -0.2) is 28.8 Å². The molecule has 0 aliphatic carbocycles. The van der Waals surface area contributed by atoms with Gasteiger partial charge in [0, 0.05) is 30.2 Å². The van der Waals surface area contributed by atoms with Gasteiger partial charge in [-0.25, -0.2) is 0 Å². The van der Waals surface area contributed by atoms with E-state index in [2.05, 4.69) is 48.2 Å². The molecule has 0 saturated carbocycles. The molecule has 1 aromatic carbocycles. The molecule has 1 aliphatic heterocycles. The standard InChI is InChI=1S/C20H28N4O/c1-15-18(14-21-24(15)20(2,3)4)19(25)22-16-8-10-17(11-9-16)23-12-6-5-7-13-23/h8-11,14H,5-7,12-13H2,1-4H3,(H,22,25). The maximum atomic E-state index is 12.6. The van der Waals surface area contributed by atoms with Crippen LogP contribution in [0, 0.1) is 6.92 Å². The minimum atomic E-state index is -0.140. The number of hydrogen-bond donors (Lipinski definition) is 1. The van der Waals surface area contributed by atoms with Crippen LogP contribution in [-0.2, 0) is 5.54 Å². The number of hydrogen-bond acceptors (Lipinski definition) is 3. The fourth-order valence-electron chi connectivity index (χ4n) is 3.41. The highest BCUT2D eigenvalue weighted by Gasteiger charge is 2.21. The van der Waals surface area contributed by atoms with E-state index < -0.39 is 0 Å². The minimum absolute atomic E-state index is 0.112. The zero-order valence-electron chi connectivity index (χ0n) is 15.7. The first-order chi connectivity index (χ1) is 11.9. The van der Waals surface area contributed by atoms with Crippen LogP contribution < -0.4 is 10.2 Å². The first kappa shape index (κ1) is 17.5. The summed E-state index contributed by atoms with van der Waals surface area (Å²) >= 11 is 0. The normalized spacial score (nSPS) is 15.3. The van der Waals surface area contributed by atoms with Gasteiger partial charge in [-0.15, -0.1) is 0 Å². The Morgan fingerprint density at radius 2 is 1.72 bits per heavy atom. The molecule has 0 atom stereocenters. The van der Waals surface area contributed by atoms with E-state index in [9.17, 15) is 4.79 Å². The SMILES string of the molecule is Cc1c(C(=O)Nc2ccc(N3CCCCC3)cc2)cnn1C(C)(C)C. The van der Waals surface area contributed by atoms with Crippen molar-refractivity contribution in [3.8, 4) is 0 Å². The highest BCUT2D eigenvalue weighted by Crippen LogP contribution is 2.23. The van der Waals surface area contributed by atoms with Gasteiger partial charge in [-0.1, -0.05) is 0 Å². The maximum absolute atomic E-state index is 12.6. The van der Waals surface area contributed by atoms with Crippen LogP contribution in [0.4, 0.5) is 11.4 Å². The van der Waals surface area contributed by atoms with Crippen molar-refractivity contribution in [1.29, 1.82) is 0 Å². The van der Waals surface area contributed by atoms with Gasteiger partial charge >= 0.3 is 0 Å². The Morgan fingerprint density at radius 3 is 2.28 bits per heavy atom. The molecule has 0 spiro atoms. The molecule has 25 heavy (non-hydrogen) atoms. The number of carbonyl (C=O) groups excluding carboxylic acids is 1. The lowest BCUT2D eigenvalue weighted by Gasteiger charge is -2.28. The molecule has 0 radical (unpaired) electrons. The number of aromatic nitrogens is 2. The lowest BCUT2D eigenvalue weighted by atomic mass is 10.1. The Labute approximate surface area is 150 Å². The van der Waals surface area contributed by atoms with Crippen molar-refractivity contribution in [2.75, 3.05) is 23.3 Å². The van der Waals surface area contributed by atoms with E-state index in [0.717, 1.165) is 24.5 Å². The van der Waals surface area contributed by atoms with Gasteiger partial charge in [0.2, 0.25) is 0 Å². The lowest BCUT2D eigenvalue weighted by molar-refractivity contribution is 0.102. The molecule has 1 aliphatic rings. The third-order valence-corrected chi connectivity index (χ3v) is 4.74. The van der Waals surface area contributed by atoms with Crippen molar-refractivity contribution in [3.05, 3.63) is 41.7 Å². The van der Waals surface area contributed by atoms with Crippen LogP contribution in [0.15, 0.2) is 30.5 Å². The van der Waals surface area contributed by atoms with E-state index in [1.54, 1.807) is 6.20 Å². The highest BCUT2D eigenvalue weighted by atomic mass is 16.1. The van der Waals surface area contributed by atoms with Gasteiger partial charge in [-0.2, -0.15) is 5.10 Å². The average molecular weight is 340 g/mol. The molecule has 1 fully saturated rings. The van der Waals surface area contributed by atoms with E-state index in [1.165, 1.54) is 24.9 Å². The topological polar surface area (TPSA) is 50.2 Å². The number of benzene rings is 1. The van der Waals surface area contributed by atoms with Gasteiger partial charge in [0.25, 0.3) is 5.91 Å². The van der Waals surface area contributed by atoms with Gasteiger partial charge in [0.1, 0.15) is 0 Å². The second-order valence-corrected chi connectivity index (χ2v) is 7.77. The van der Waals surface area contributed by atoms with Crippen molar-refractivity contribution < 1.29 is 4.79 Å². The van der Waals surface area contributed by atoms with Crippen molar-refractivity contribution in [2.45, 2.75) is 52.5 Å². The summed E-state index contributed by atoms with van der Waals surface area (Å²) in [6, 6.07) is 8.13. The Hall–Kier alpha value is -2.30. The second kappa shape index (κ2) is 6.90. The minimum Gasteiger partial charge on any atom is -0.372 e. The number of amides is 1. The Morgan fingerprint density at radius 1 is 1.08 bits per heavy atom. The van der Waals surface area contributed by atoms with E-state index in [1.807, 2.05) is 23.7 Å². The molecule has 5 heteroatoms. The number of nitrogens with zero attached hydrogens (tertiary/aromatic N) is 3. The highest BCUT2D eigenvalue weighted by molar-refractivity contribution is 6.04. The third-order valence-electron chi connectivity index (χ3n) is 4.74. The van der Waals surface area contributed by atoms with Crippen molar-refractivity contribution >= 4 is 17.3 Å². The average Bonchev–Trinajstić information content (AvgIpc) is 2.98. The molecule has 2 heterocycles. The van der Waals surface area contributed by atoms with Gasteiger partial charge in [0.05, 0.1) is 17.3 Å². The first-order valence-electron chi connectivity index (χ1n) is 9.08. The molecular weight excluding hydrogens is 312 g/mol. The zero-order valence-corrected chi connectivity index (χ0v) is 15.7. The van der Waals surface area contributed by atoms with Gasteiger partial charge in [-0.05, 0) is 71.2 Å². The van der Waals surface area contributed by atoms with E-state index in [0.29, 0.717) is 5.56 Å². The lowest BCUT2D eigenvalue weighted by Crippen LogP contribution is -2.29. The number of rotatable bonds is 3. The number of nitrogens with one attached hydrogen (secondary N) is 1. The van der Waals surface area contributed by atoms with E-state index in [-0.39, 0.29) is 11.4 Å². The van der Waals surface area contributed by atoms with Gasteiger partial charge in [0.15, 0.2) is 0 Å². The summed E-state index contributed by atoms with van der Waals surface area (Å²) < 4.78 is 1.89. The molecule has 1 amide bonds. The third kappa shape index (κ3) is 3.86. The summed E-state index contributed by atoms with van der Waals surface area (Å²) in [5, 5.41) is 7.36. The summed E-state index contributed by atoms with van der Waals surface area (Å²) in [5.41, 5.74) is 3.41. The van der Waals surface area contributed by atoms with Crippen molar-refractivity contribution in [3.63, 3.8) is 0 Å². The fraction of sp³-hybridized carbons (Fsp3) is 0.500. The molecule has 134 valence electrons. The molecule has 0 unspecified atom stereocenters. The second-order valence-electron chi connectivity index (χ2n) is 7.77. The zero-order chi connectivity index (χ0) is 18.0. The summed E-state index contributed by atoms with van der Waals surface area (Å²) in [6.07, 6.45) is 5.50. The predicted molar refractivity (Wildman–Crippen MR) is 102 cm³/mol. The summed E-state index contributed by atoms with van der Waals surface area (Å²) in [7, 11) is 0. The molecule has 0 bridgehead atoms. The largest absolute Gasteiger partial charge is 0.372 e. The van der Waals surface area contributed by atoms with Crippen molar-refractivity contribution in [2.24, 2.45) is 0 Å². The molecule has 1 N–H and O–H groups in total. The molecule has 2 aromatic rings. The molecule has 1 saturated heterocycles. The Bertz CT molecular complexity index is 734. The quantitative estimate of drug-likeness (QED) is 0.911. The van der Waals surface area contributed by atoms with Crippen LogP contribution in [0.1, 0.15) is 56.1 Å². The number of piperidine rings is 1. The van der Waals surface area contributed by atoms with Crippen LogP contribution in [0.5, 0.6) is 0 Å². The Kier molecular flexibility index (Phi) is 4.84. The molecule has 3 rings (SSSR count). The summed E-state index contributed by atoms with van der Waals surface area (Å²) in [6.45, 7) is 10.4. The maximum Gasteiger partial charge on any atom is 0.259 e. The predicted octanol–water partition coefficient (Wildman–Crippen LogP) is 4.19. The van der Waals surface area contributed by atoms with Crippen LogP contribution in [0.2, 0.25) is 0 Å². The van der Waals surface area contributed by atoms with Crippen LogP contribution in [0.3, 0.4) is 0 Å². The summed E-state index contributed by atoms with van der Waals surface area (Å²) in [4.78, 5) is 15.0.